The molecule has 6 nitrogen and oxygen atoms in total. The highest BCUT2D eigenvalue weighted by atomic mass is 35.5. The summed E-state index contributed by atoms with van der Waals surface area (Å²) in [5, 5.41) is 5.81. The molecule has 27 heavy (non-hydrogen) atoms. The number of rotatable bonds is 8. The molecule has 0 spiro atoms. The summed E-state index contributed by atoms with van der Waals surface area (Å²) in [5.41, 5.74) is 2.93. The molecule has 1 unspecified atom stereocenters. The van der Waals surface area contributed by atoms with Crippen molar-refractivity contribution in [2.75, 3.05) is 21.3 Å². The van der Waals surface area contributed by atoms with E-state index in [4.69, 9.17) is 14.2 Å². The Balaban J connectivity index is 0.00000364. The molecular formula is C20H27ClN2O4. The van der Waals surface area contributed by atoms with Gasteiger partial charge in [-0.2, -0.15) is 0 Å². The maximum absolute atomic E-state index is 12.3. The topological polar surface area (TPSA) is 68.8 Å². The molecule has 0 aromatic heterocycles. The van der Waals surface area contributed by atoms with Gasteiger partial charge in [-0.1, -0.05) is 24.3 Å². The molecule has 0 aliphatic carbocycles. The third kappa shape index (κ3) is 6.34. The fourth-order valence-corrected chi connectivity index (χ4v) is 2.70. The van der Waals surface area contributed by atoms with Gasteiger partial charge >= 0.3 is 6.03 Å². The van der Waals surface area contributed by atoms with E-state index in [2.05, 4.69) is 10.6 Å². The number of halogens is 1. The fraction of sp³-hybridized carbons (Fsp3) is 0.350. The second-order valence-electron chi connectivity index (χ2n) is 5.86. The van der Waals surface area contributed by atoms with Crippen LogP contribution in [0.1, 0.15) is 29.7 Å². The Hall–Kier alpha value is -2.44. The van der Waals surface area contributed by atoms with Crippen molar-refractivity contribution in [2.45, 2.75) is 26.1 Å². The summed E-state index contributed by atoms with van der Waals surface area (Å²) < 4.78 is 15.8. The number of amides is 2. The van der Waals surface area contributed by atoms with Gasteiger partial charge in [0.15, 0.2) is 0 Å². The summed E-state index contributed by atoms with van der Waals surface area (Å²) >= 11 is 0. The largest absolute Gasteiger partial charge is 0.497 e. The molecule has 2 aromatic rings. The SMILES string of the molecule is COCc1ccccc1CNC(=O)NC(C)c1cc(OC)ccc1OC.Cl. The van der Waals surface area contributed by atoms with E-state index >= 15 is 0 Å². The predicted octanol–water partition coefficient (Wildman–Crippen LogP) is 3.83. The molecule has 7 heteroatoms. The molecule has 0 saturated carbocycles. The van der Waals surface area contributed by atoms with Crippen molar-refractivity contribution < 1.29 is 19.0 Å². The van der Waals surface area contributed by atoms with Crippen molar-refractivity contribution in [3.8, 4) is 11.5 Å². The molecule has 1 atom stereocenters. The number of benzene rings is 2. The molecule has 0 saturated heterocycles. The van der Waals surface area contributed by atoms with Crippen molar-refractivity contribution in [1.82, 2.24) is 10.6 Å². The number of methoxy groups -OCH3 is 3. The number of nitrogens with one attached hydrogen (secondary N) is 2. The molecule has 0 aliphatic heterocycles. The van der Waals surface area contributed by atoms with Crippen molar-refractivity contribution >= 4 is 18.4 Å². The van der Waals surface area contributed by atoms with Gasteiger partial charge < -0.3 is 24.8 Å². The third-order valence-electron chi connectivity index (χ3n) is 4.11. The molecule has 0 heterocycles. The van der Waals surface area contributed by atoms with Gasteiger partial charge in [0.2, 0.25) is 0 Å². The minimum atomic E-state index is -0.255. The van der Waals surface area contributed by atoms with Gasteiger partial charge in [-0.15, -0.1) is 12.4 Å². The van der Waals surface area contributed by atoms with E-state index in [1.54, 1.807) is 21.3 Å². The van der Waals surface area contributed by atoms with Crippen LogP contribution in [0.15, 0.2) is 42.5 Å². The predicted molar refractivity (Wildman–Crippen MR) is 108 cm³/mol. The lowest BCUT2D eigenvalue weighted by Gasteiger charge is -2.19. The molecule has 148 valence electrons. The van der Waals surface area contributed by atoms with Crippen LogP contribution in [0.2, 0.25) is 0 Å². The lowest BCUT2D eigenvalue weighted by Crippen LogP contribution is -2.36. The first-order valence-corrected chi connectivity index (χ1v) is 8.41. The van der Waals surface area contributed by atoms with E-state index in [1.165, 1.54) is 0 Å². The third-order valence-corrected chi connectivity index (χ3v) is 4.11. The first-order chi connectivity index (χ1) is 12.6. The van der Waals surface area contributed by atoms with Gasteiger partial charge in [0.1, 0.15) is 11.5 Å². The van der Waals surface area contributed by atoms with Crippen LogP contribution < -0.4 is 20.1 Å². The Morgan fingerprint density at radius 2 is 1.74 bits per heavy atom. The summed E-state index contributed by atoms with van der Waals surface area (Å²) in [4.78, 5) is 12.3. The summed E-state index contributed by atoms with van der Waals surface area (Å²) in [5.74, 6) is 1.41. The zero-order valence-electron chi connectivity index (χ0n) is 16.1. The Bertz CT molecular complexity index is 740. The number of urea groups is 1. The fourth-order valence-electron chi connectivity index (χ4n) is 2.70. The van der Waals surface area contributed by atoms with E-state index < -0.39 is 0 Å². The highest BCUT2D eigenvalue weighted by Gasteiger charge is 2.15. The van der Waals surface area contributed by atoms with E-state index in [0.717, 1.165) is 16.7 Å². The van der Waals surface area contributed by atoms with Crippen LogP contribution >= 0.6 is 12.4 Å². The standard InChI is InChI=1S/C20H26N2O4.ClH/c1-14(18-11-17(25-3)9-10-19(18)26-4)22-20(23)21-12-15-7-5-6-8-16(15)13-24-2;/h5-11,14H,12-13H2,1-4H3,(H2,21,22,23);1H. The second-order valence-corrected chi connectivity index (χ2v) is 5.86. The minimum Gasteiger partial charge on any atom is -0.497 e. The Kier molecular flexibility index (Phi) is 9.47. The summed E-state index contributed by atoms with van der Waals surface area (Å²) in [7, 11) is 4.86. The minimum absolute atomic E-state index is 0. The zero-order chi connectivity index (χ0) is 18.9. The van der Waals surface area contributed by atoms with Gasteiger partial charge in [0, 0.05) is 19.2 Å². The number of hydrogen-bond acceptors (Lipinski definition) is 4. The normalized spacial score (nSPS) is 11.1. The van der Waals surface area contributed by atoms with Crippen molar-refractivity contribution in [2.24, 2.45) is 0 Å². The van der Waals surface area contributed by atoms with Crippen LogP contribution in [0.5, 0.6) is 11.5 Å². The monoisotopic (exact) mass is 394 g/mol. The van der Waals surface area contributed by atoms with Crippen LogP contribution in [0.3, 0.4) is 0 Å². The van der Waals surface area contributed by atoms with E-state index in [9.17, 15) is 4.79 Å². The Morgan fingerprint density at radius 3 is 2.37 bits per heavy atom. The second kappa shape index (κ2) is 11.3. The van der Waals surface area contributed by atoms with Crippen LogP contribution in [0, 0.1) is 0 Å². The van der Waals surface area contributed by atoms with Crippen molar-refractivity contribution in [3.63, 3.8) is 0 Å². The summed E-state index contributed by atoms with van der Waals surface area (Å²) in [6, 6.07) is 12.9. The average Bonchev–Trinajstić information content (AvgIpc) is 2.67. The maximum atomic E-state index is 12.3. The average molecular weight is 395 g/mol. The van der Waals surface area contributed by atoms with E-state index in [-0.39, 0.29) is 24.5 Å². The lowest BCUT2D eigenvalue weighted by atomic mass is 10.1. The highest BCUT2D eigenvalue weighted by molar-refractivity contribution is 5.85. The molecule has 0 radical (unpaired) electrons. The van der Waals surface area contributed by atoms with Gasteiger partial charge in [-0.25, -0.2) is 4.79 Å². The number of carbonyl (C=O) groups excluding carboxylic acids is 1. The van der Waals surface area contributed by atoms with Crippen LogP contribution in [-0.2, 0) is 17.9 Å². The molecule has 2 N–H and O–H groups in total. The highest BCUT2D eigenvalue weighted by Crippen LogP contribution is 2.29. The van der Waals surface area contributed by atoms with Gasteiger partial charge in [-0.05, 0) is 36.2 Å². The van der Waals surface area contributed by atoms with Gasteiger partial charge in [0.05, 0.1) is 26.9 Å². The van der Waals surface area contributed by atoms with Crippen LogP contribution in [0.4, 0.5) is 4.79 Å². The van der Waals surface area contributed by atoms with E-state index in [1.807, 2.05) is 49.4 Å². The molecule has 0 fully saturated rings. The number of ether oxygens (including phenoxy) is 3. The van der Waals surface area contributed by atoms with Crippen LogP contribution in [-0.4, -0.2) is 27.4 Å². The zero-order valence-corrected chi connectivity index (χ0v) is 16.9. The number of carbonyl (C=O) groups is 1. The van der Waals surface area contributed by atoms with Crippen molar-refractivity contribution in [1.29, 1.82) is 0 Å². The first kappa shape index (κ1) is 22.6. The molecular weight excluding hydrogens is 368 g/mol. The van der Waals surface area contributed by atoms with Crippen LogP contribution in [0.25, 0.3) is 0 Å². The first-order valence-electron chi connectivity index (χ1n) is 8.41. The smallest absolute Gasteiger partial charge is 0.315 e. The Labute approximate surface area is 166 Å². The summed E-state index contributed by atoms with van der Waals surface area (Å²) in [6.07, 6.45) is 0. The molecule has 2 amide bonds. The summed E-state index contributed by atoms with van der Waals surface area (Å²) in [6.45, 7) is 2.83. The van der Waals surface area contributed by atoms with Crippen molar-refractivity contribution in [3.05, 3.63) is 59.2 Å². The van der Waals surface area contributed by atoms with Gasteiger partial charge in [0.25, 0.3) is 0 Å². The maximum Gasteiger partial charge on any atom is 0.315 e. The number of hydrogen-bond donors (Lipinski definition) is 2. The van der Waals surface area contributed by atoms with Gasteiger partial charge in [-0.3, -0.25) is 0 Å². The molecule has 2 rings (SSSR count). The molecule has 0 aliphatic rings. The molecule has 0 bridgehead atoms. The lowest BCUT2D eigenvalue weighted by molar-refractivity contribution is 0.184. The van der Waals surface area contributed by atoms with E-state index in [0.29, 0.717) is 24.7 Å². The Morgan fingerprint density at radius 1 is 1.04 bits per heavy atom. The molecule has 2 aromatic carbocycles. The quantitative estimate of drug-likeness (QED) is 0.713.